The van der Waals surface area contributed by atoms with Gasteiger partial charge in [0.25, 0.3) is 0 Å². The number of nitrogens with one attached hydrogen (secondary N) is 2. The van der Waals surface area contributed by atoms with E-state index in [-0.39, 0.29) is 23.6 Å². The summed E-state index contributed by atoms with van der Waals surface area (Å²) in [6, 6.07) is 10.2. The van der Waals surface area contributed by atoms with E-state index in [9.17, 15) is 9.90 Å². The fraction of sp³-hybridized carbons (Fsp3) is 0.829. The van der Waals surface area contributed by atoms with E-state index < -0.39 is 0 Å². The van der Waals surface area contributed by atoms with E-state index in [0.717, 1.165) is 64.7 Å². The van der Waals surface area contributed by atoms with Gasteiger partial charge in [0, 0.05) is 12.0 Å². The highest BCUT2D eigenvalue weighted by Gasteiger charge is 2.63. The fourth-order valence-corrected chi connectivity index (χ4v) is 11.3. The molecule has 4 aliphatic carbocycles. The summed E-state index contributed by atoms with van der Waals surface area (Å²) in [6.07, 6.45) is 15.0. The average molecular weight is 652 g/mol. The molecule has 4 saturated carbocycles. The highest BCUT2D eigenvalue weighted by atomic mass is 16.5. The van der Waals surface area contributed by atoms with Crippen LogP contribution in [0.4, 0.5) is 0 Å². The normalized spacial score (nSPS) is 36.3. The second-order valence-corrected chi connectivity index (χ2v) is 17.2. The lowest BCUT2D eigenvalue weighted by Crippen LogP contribution is -2.60. The van der Waals surface area contributed by atoms with E-state index in [0.29, 0.717) is 58.4 Å². The zero-order chi connectivity index (χ0) is 33.6. The van der Waals surface area contributed by atoms with Crippen molar-refractivity contribution >= 4 is 5.97 Å². The molecular formula is C41H69N3O3. The Morgan fingerprint density at radius 2 is 1.64 bits per heavy atom. The van der Waals surface area contributed by atoms with Crippen LogP contribution in [-0.4, -0.2) is 55.5 Å². The van der Waals surface area contributed by atoms with Crippen molar-refractivity contribution in [2.75, 3.05) is 26.2 Å². The van der Waals surface area contributed by atoms with Crippen LogP contribution in [0.2, 0.25) is 0 Å². The number of benzene rings is 1. The van der Waals surface area contributed by atoms with E-state index >= 15 is 0 Å². The van der Waals surface area contributed by atoms with Crippen LogP contribution >= 0.6 is 0 Å². The van der Waals surface area contributed by atoms with Crippen molar-refractivity contribution in [1.29, 1.82) is 0 Å². The molecule has 1 aromatic carbocycles. The van der Waals surface area contributed by atoms with Crippen molar-refractivity contribution in [2.45, 2.75) is 136 Å². The summed E-state index contributed by atoms with van der Waals surface area (Å²) in [4.78, 5) is 13.7. The van der Waals surface area contributed by atoms with Gasteiger partial charge in [-0.15, -0.1) is 0 Å². The number of carbonyl (C=O) groups is 1. The number of hydrogen-bond donors (Lipinski definition) is 4. The Balaban J connectivity index is 1.29. The first kappa shape index (κ1) is 36.8. The number of fused-ring (bicyclic) bond motifs is 5. The smallest absolute Gasteiger partial charge is 0.338 e. The van der Waals surface area contributed by atoms with Crippen LogP contribution in [0.1, 0.15) is 128 Å². The number of nitrogens with two attached hydrogens (primary N) is 1. The van der Waals surface area contributed by atoms with Gasteiger partial charge in [0.1, 0.15) is 6.10 Å². The topological polar surface area (TPSA) is 96.6 Å². The van der Waals surface area contributed by atoms with Crippen LogP contribution < -0.4 is 16.4 Å². The lowest BCUT2D eigenvalue weighted by atomic mass is 9.43. The summed E-state index contributed by atoms with van der Waals surface area (Å²) in [6.45, 7) is 15.9. The number of unbranched alkanes of at least 4 members (excludes halogenated alkanes) is 1. The molecule has 0 spiro atoms. The Hall–Kier alpha value is -1.47. The molecule has 0 heterocycles. The maximum Gasteiger partial charge on any atom is 0.338 e. The first-order chi connectivity index (χ1) is 22.6. The Bertz CT molecular complexity index is 1110. The van der Waals surface area contributed by atoms with E-state index in [1.165, 1.54) is 44.9 Å². The molecule has 5 rings (SSSR count). The molecule has 0 amide bonds. The van der Waals surface area contributed by atoms with Crippen LogP contribution in [-0.2, 0) is 4.74 Å². The minimum absolute atomic E-state index is 0.0105. The molecule has 6 nitrogen and oxygen atoms in total. The van der Waals surface area contributed by atoms with Gasteiger partial charge < -0.3 is 26.2 Å². The van der Waals surface area contributed by atoms with Gasteiger partial charge in [-0.25, -0.2) is 4.79 Å². The summed E-state index contributed by atoms with van der Waals surface area (Å²) < 4.78 is 6.68. The Kier molecular flexibility index (Phi) is 12.9. The van der Waals surface area contributed by atoms with Gasteiger partial charge in [0.15, 0.2) is 0 Å². The Morgan fingerprint density at radius 1 is 0.915 bits per heavy atom. The molecule has 0 radical (unpaired) electrons. The molecule has 1 aromatic rings. The van der Waals surface area contributed by atoms with Gasteiger partial charge in [0.2, 0.25) is 0 Å². The standard InChI is InChI=1S/C41H69N3O3/c1-28(2)36(45)17-14-29(3)33-15-16-34-38-35(19-21-41(33,34)5)40(4)20-18-32(44-25-11-24-43-23-10-9-22-42)26-31(40)27-37(38)47-39(46)30-12-7-6-8-13-30/h6-8,12-13,28-29,31-38,43-45H,9-11,14-27,42H2,1-5H3/t29-,31?,32-,33-,34+,35+,36?,37-,38+,40+,41-/m1/s1. The van der Waals surface area contributed by atoms with Gasteiger partial charge in [-0.3, -0.25) is 0 Å². The summed E-state index contributed by atoms with van der Waals surface area (Å²) in [7, 11) is 0. The average Bonchev–Trinajstić information content (AvgIpc) is 3.42. The number of carbonyl (C=O) groups excluding carboxylic acids is 1. The zero-order valence-corrected chi connectivity index (χ0v) is 30.5. The molecule has 0 bridgehead atoms. The Labute approximate surface area is 287 Å². The zero-order valence-electron chi connectivity index (χ0n) is 30.5. The molecule has 266 valence electrons. The lowest BCUT2D eigenvalue weighted by Gasteiger charge is -2.63. The summed E-state index contributed by atoms with van der Waals surface area (Å²) >= 11 is 0. The molecule has 47 heavy (non-hydrogen) atoms. The van der Waals surface area contributed by atoms with Gasteiger partial charge >= 0.3 is 5.97 Å². The van der Waals surface area contributed by atoms with Crippen LogP contribution in [0.15, 0.2) is 30.3 Å². The van der Waals surface area contributed by atoms with E-state index in [1.54, 1.807) is 0 Å². The van der Waals surface area contributed by atoms with E-state index in [2.05, 4.69) is 45.3 Å². The second kappa shape index (κ2) is 16.5. The molecular weight excluding hydrogens is 582 g/mol. The lowest BCUT2D eigenvalue weighted by molar-refractivity contribution is -0.168. The van der Waals surface area contributed by atoms with Crippen LogP contribution in [0.5, 0.6) is 0 Å². The number of ether oxygens (including phenoxy) is 1. The molecule has 5 N–H and O–H groups in total. The largest absolute Gasteiger partial charge is 0.458 e. The maximum absolute atomic E-state index is 13.7. The number of hydrogen-bond acceptors (Lipinski definition) is 6. The minimum Gasteiger partial charge on any atom is -0.458 e. The van der Waals surface area contributed by atoms with Gasteiger partial charge in [-0.1, -0.05) is 52.8 Å². The van der Waals surface area contributed by atoms with Crippen molar-refractivity contribution in [3.63, 3.8) is 0 Å². The Morgan fingerprint density at radius 3 is 2.38 bits per heavy atom. The summed E-state index contributed by atoms with van der Waals surface area (Å²) in [5, 5.41) is 18.1. The second-order valence-electron chi connectivity index (χ2n) is 17.2. The molecule has 4 fully saturated rings. The quantitative estimate of drug-likeness (QED) is 0.109. The third-order valence-corrected chi connectivity index (χ3v) is 14.1. The summed E-state index contributed by atoms with van der Waals surface area (Å²) in [5.41, 5.74) is 6.90. The van der Waals surface area contributed by atoms with Crippen LogP contribution in [0.25, 0.3) is 0 Å². The van der Waals surface area contributed by atoms with Gasteiger partial charge in [-0.2, -0.15) is 0 Å². The molecule has 11 atom stereocenters. The van der Waals surface area contributed by atoms with Crippen molar-refractivity contribution in [3.8, 4) is 0 Å². The van der Waals surface area contributed by atoms with E-state index in [1.807, 2.05) is 30.3 Å². The van der Waals surface area contributed by atoms with Crippen LogP contribution in [0.3, 0.4) is 0 Å². The van der Waals surface area contributed by atoms with Crippen molar-refractivity contribution < 1.29 is 14.6 Å². The SMILES string of the molecule is CC(C)C(O)CC[C@@H](C)[C@H]1CC[C@H]2[C@@H]3[C@H](OC(=O)c4ccccc4)CC4C[C@H](NCCCNCCCCN)CC[C@]4(C)[C@H]3CC[C@]12C. The monoisotopic (exact) mass is 652 g/mol. The number of aliphatic hydroxyl groups excluding tert-OH is 1. The first-order valence-electron chi connectivity index (χ1n) is 19.7. The minimum atomic E-state index is -0.206. The molecule has 6 heteroatoms. The van der Waals surface area contributed by atoms with Crippen LogP contribution in [0, 0.1) is 52.3 Å². The van der Waals surface area contributed by atoms with Gasteiger partial charge in [-0.05, 0) is 168 Å². The highest BCUT2D eigenvalue weighted by molar-refractivity contribution is 5.89. The van der Waals surface area contributed by atoms with Crippen molar-refractivity contribution in [3.05, 3.63) is 35.9 Å². The third-order valence-electron chi connectivity index (χ3n) is 14.1. The fourth-order valence-electron chi connectivity index (χ4n) is 11.3. The number of aliphatic hydroxyl groups is 1. The third kappa shape index (κ3) is 8.30. The summed E-state index contributed by atoms with van der Waals surface area (Å²) in [5.74, 6) is 3.70. The maximum atomic E-state index is 13.7. The molecule has 0 aromatic heterocycles. The number of rotatable bonds is 16. The number of esters is 1. The molecule has 2 unspecified atom stereocenters. The first-order valence-corrected chi connectivity index (χ1v) is 19.7. The van der Waals surface area contributed by atoms with Gasteiger partial charge in [0.05, 0.1) is 11.7 Å². The van der Waals surface area contributed by atoms with E-state index in [4.69, 9.17) is 10.5 Å². The highest BCUT2D eigenvalue weighted by Crippen LogP contribution is 2.68. The van der Waals surface area contributed by atoms with Crippen molar-refractivity contribution in [2.24, 2.45) is 58.0 Å². The molecule has 0 saturated heterocycles. The van der Waals surface area contributed by atoms with Crippen molar-refractivity contribution in [1.82, 2.24) is 10.6 Å². The predicted octanol–water partition coefficient (Wildman–Crippen LogP) is 7.59. The molecule has 4 aliphatic rings. The molecule has 0 aliphatic heterocycles. The predicted molar refractivity (Wildman–Crippen MR) is 193 cm³/mol.